The predicted molar refractivity (Wildman–Crippen MR) is 108 cm³/mol. The second-order valence-electron chi connectivity index (χ2n) is 6.08. The molecule has 0 aromatic heterocycles. The number of rotatable bonds is 8. The summed E-state index contributed by atoms with van der Waals surface area (Å²) in [4.78, 5) is 24.5. The fraction of sp³-hybridized carbons (Fsp3) is 0.263. The van der Waals surface area contributed by atoms with Gasteiger partial charge in [0.2, 0.25) is 15.9 Å². The molecule has 0 bridgehead atoms. The van der Waals surface area contributed by atoms with Crippen molar-refractivity contribution < 1.29 is 22.7 Å². The summed E-state index contributed by atoms with van der Waals surface area (Å²) in [6.45, 7) is 1.70. The largest absolute Gasteiger partial charge is 0.497 e. The van der Waals surface area contributed by atoms with Gasteiger partial charge in [0.15, 0.2) is 0 Å². The normalized spacial score (nSPS) is 12.1. The molecule has 2 amide bonds. The van der Waals surface area contributed by atoms with Crippen LogP contribution in [0.1, 0.15) is 23.7 Å². The lowest BCUT2D eigenvalue weighted by molar-refractivity contribution is -0.117. The number of hydrogen-bond donors (Lipinski definition) is 2. The summed E-state index contributed by atoms with van der Waals surface area (Å²) in [5, 5.41) is 2.62. The highest BCUT2D eigenvalue weighted by atomic mass is 32.2. The van der Waals surface area contributed by atoms with Crippen molar-refractivity contribution in [3.8, 4) is 5.75 Å². The Labute approximate surface area is 164 Å². The number of anilines is 2. The van der Waals surface area contributed by atoms with Gasteiger partial charge in [0, 0.05) is 6.07 Å². The molecule has 0 saturated carbocycles. The topological polar surface area (TPSA) is 119 Å². The molecule has 0 saturated heterocycles. The van der Waals surface area contributed by atoms with E-state index in [-0.39, 0.29) is 17.7 Å². The Bertz CT molecular complexity index is 975. The van der Waals surface area contributed by atoms with Gasteiger partial charge in [0.1, 0.15) is 11.8 Å². The van der Waals surface area contributed by atoms with Crippen LogP contribution in [0.25, 0.3) is 0 Å². The molecule has 0 aliphatic carbocycles. The van der Waals surface area contributed by atoms with E-state index in [0.29, 0.717) is 11.4 Å². The van der Waals surface area contributed by atoms with E-state index in [1.165, 1.54) is 25.3 Å². The minimum Gasteiger partial charge on any atom is -0.497 e. The van der Waals surface area contributed by atoms with Gasteiger partial charge in [-0.25, -0.2) is 8.42 Å². The molecule has 0 heterocycles. The Hall–Kier alpha value is -3.07. The van der Waals surface area contributed by atoms with Crippen LogP contribution in [0.3, 0.4) is 0 Å². The molecule has 0 aliphatic rings. The number of primary amides is 1. The summed E-state index contributed by atoms with van der Waals surface area (Å²) in [6, 6.07) is 11.7. The van der Waals surface area contributed by atoms with Crippen LogP contribution < -0.4 is 20.1 Å². The van der Waals surface area contributed by atoms with Crippen LogP contribution >= 0.6 is 0 Å². The molecule has 2 aromatic carbocycles. The molecule has 9 heteroatoms. The summed E-state index contributed by atoms with van der Waals surface area (Å²) in [6.07, 6.45) is 1.23. The predicted octanol–water partition coefficient (Wildman–Crippen LogP) is 1.98. The Morgan fingerprint density at radius 3 is 2.43 bits per heavy atom. The molecule has 0 spiro atoms. The third-order valence-corrected chi connectivity index (χ3v) is 5.27. The fourth-order valence-corrected chi connectivity index (χ4v) is 4.03. The third kappa shape index (κ3) is 4.80. The maximum atomic E-state index is 12.9. The lowest BCUT2D eigenvalue weighted by atomic mass is 10.1. The number of methoxy groups -OCH3 is 1. The van der Waals surface area contributed by atoms with E-state index < -0.39 is 27.9 Å². The first-order valence-corrected chi connectivity index (χ1v) is 10.4. The Morgan fingerprint density at radius 2 is 1.86 bits per heavy atom. The first kappa shape index (κ1) is 21.2. The lowest BCUT2D eigenvalue weighted by Gasteiger charge is -2.30. The van der Waals surface area contributed by atoms with Crippen LogP contribution in [0.2, 0.25) is 0 Å². The molecule has 2 rings (SSSR count). The van der Waals surface area contributed by atoms with E-state index >= 15 is 0 Å². The quantitative estimate of drug-likeness (QED) is 0.696. The van der Waals surface area contributed by atoms with Gasteiger partial charge < -0.3 is 15.8 Å². The van der Waals surface area contributed by atoms with Crippen LogP contribution in [0.5, 0.6) is 5.75 Å². The van der Waals surface area contributed by atoms with Crippen LogP contribution in [-0.4, -0.2) is 39.6 Å². The van der Waals surface area contributed by atoms with E-state index in [9.17, 15) is 18.0 Å². The monoisotopic (exact) mass is 405 g/mol. The molecule has 0 fully saturated rings. The molecule has 0 radical (unpaired) electrons. The van der Waals surface area contributed by atoms with Gasteiger partial charge in [-0.15, -0.1) is 0 Å². The second-order valence-corrected chi connectivity index (χ2v) is 7.94. The van der Waals surface area contributed by atoms with Crippen LogP contribution in [0.4, 0.5) is 11.4 Å². The van der Waals surface area contributed by atoms with Gasteiger partial charge in [-0.05, 0) is 30.7 Å². The third-order valence-electron chi connectivity index (χ3n) is 4.09. The average molecular weight is 405 g/mol. The fourth-order valence-electron chi connectivity index (χ4n) is 2.83. The number of nitrogens with zero attached hydrogens (tertiary/aromatic N) is 1. The number of sulfonamides is 1. The zero-order valence-corrected chi connectivity index (χ0v) is 16.7. The zero-order chi connectivity index (χ0) is 20.9. The number of para-hydroxylation sites is 1. The van der Waals surface area contributed by atoms with Crippen molar-refractivity contribution in [2.24, 2.45) is 5.73 Å². The summed E-state index contributed by atoms with van der Waals surface area (Å²) < 4.78 is 31.2. The van der Waals surface area contributed by atoms with Crippen LogP contribution in [0, 0.1) is 0 Å². The molecule has 28 heavy (non-hydrogen) atoms. The van der Waals surface area contributed by atoms with Gasteiger partial charge in [0.05, 0.1) is 30.3 Å². The smallest absolute Gasteiger partial charge is 0.250 e. The van der Waals surface area contributed by atoms with Crippen LogP contribution in [0.15, 0.2) is 48.5 Å². The van der Waals surface area contributed by atoms with Gasteiger partial charge in [-0.2, -0.15) is 0 Å². The second kappa shape index (κ2) is 8.75. The average Bonchev–Trinajstić information content (AvgIpc) is 2.65. The first-order chi connectivity index (χ1) is 13.2. The van der Waals surface area contributed by atoms with Gasteiger partial charge >= 0.3 is 0 Å². The Morgan fingerprint density at radius 1 is 1.18 bits per heavy atom. The van der Waals surface area contributed by atoms with E-state index in [2.05, 4.69) is 5.32 Å². The summed E-state index contributed by atoms with van der Waals surface area (Å²) in [5.74, 6) is -0.818. The van der Waals surface area contributed by atoms with E-state index in [1.54, 1.807) is 37.3 Å². The molecule has 2 aromatic rings. The molecular weight excluding hydrogens is 382 g/mol. The Kier molecular flexibility index (Phi) is 6.63. The van der Waals surface area contributed by atoms with E-state index in [4.69, 9.17) is 10.5 Å². The van der Waals surface area contributed by atoms with Crippen molar-refractivity contribution in [3.63, 3.8) is 0 Å². The summed E-state index contributed by atoms with van der Waals surface area (Å²) >= 11 is 0. The molecule has 0 unspecified atom stereocenters. The van der Waals surface area contributed by atoms with Gasteiger partial charge in [-0.3, -0.25) is 13.9 Å². The van der Waals surface area contributed by atoms with E-state index in [0.717, 1.165) is 10.6 Å². The molecule has 0 aliphatic heterocycles. The molecular formula is C19H23N3O5S. The standard InChI is InChI=1S/C19H23N3O5S/c1-4-17(19(24)21-16-11-6-5-10-15(16)18(20)23)22(28(3,25)26)13-8-7-9-14(12-13)27-2/h5-12,17H,4H2,1-3H3,(H2,20,23)(H,21,24)/t17-/m1/s1. The number of carbonyl (C=O) groups excluding carboxylic acids is 2. The maximum absolute atomic E-state index is 12.9. The highest BCUT2D eigenvalue weighted by Gasteiger charge is 2.32. The highest BCUT2D eigenvalue weighted by molar-refractivity contribution is 7.92. The molecule has 3 N–H and O–H groups in total. The number of nitrogens with one attached hydrogen (secondary N) is 1. The SMILES string of the molecule is CC[C@H](C(=O)Nc1ccccc1C(N)=O)N(c1cccc(OC)c1)S(C)(=O)=O. The number of hydrogen-bond acceptors (Lipinski definition) is 5. The number of ether oxygens (including phenoxy) is 1. The number of carbonyl (C=O) groups is 2. The van der Waals surface area contributed by atoms with Crippen LogP contribution in [-0.2, 0) is 14.8 Å². The highest BCUT2D eigenvalue weighted by Crippen LogP contribution is 2.27. The van der Waals surface area contributed by atoms with Crippen molar-refractivity contribution in [1.82, 2.24) is 0 Å². The van der Waals surface area contributed by atoms with Crippen molar-refractivity contribution in [1.29, 1.82) is 0 Å². The molecule has 8 nitrogen and oxygen atoms in total. The Balaban J connectivity index is 2.44. The molecule has 1 atom stereocenters. The summed E-state index contributed by atoms with van der Waals surface area (Å²) in [7, 11) is -2.33. The summed E-state index contributed by atoms with van der Waals surface area (Å²) in [5.41, 5.74) is 6.00. The van der Waals surface area contributed by atoms with Crippen molar-refractivity contribution in [2.75, 3.05) is 23.0 Å². The van der Waals surface area contributed by atoms with Crippen molar-refractivity contribution in [2.45, 2.75) is 19.4 Å². The van der Waals surface area contributed by atoms with Crippen molar-refractivity contribution >= 4 is 33.2 Å². The van der Waals surface area contributed by atoms with E-state index in [1.807, 2.05) is 0 Å². The maximum Gasteiger partial charge on any atom is 0.250 e. The first-order valence-electron chi connectivity index (χ1n) is 8.52. The van der Waals surface area contributed by atoms with Crippen molar-refractivity contribution in [3.05, 3.63) is 54.1 Å². The number of amides is 2. The number of benzene rings is 2. The number of nitrogens with two attached hydrogens (primary N) is 1. The van der Waals surface area contributed by atoms with Gasteiger partial charge in [0.25, 0.3) is 5.91 Å². The minimum atomic E-state index is -3.79. The molecule has 150 valence electrons. The lowest BCUT2D eigenvalue weighted by Crippen LogP contribution is -2.47. The minimum absolute atomic E-state index is 0.137. The van der Waals surface area contributed by atoms with Gasteiger partial charge in [-0.1, -0.05) is 25.1 Å². The zero-order valence-electron chi connectivity index (χ0n) is 15.9.